The van der Waals surface area contributed by atoms with Gasteiger partial charge in [-0.15, -0.1) is 0 Å². The number of carboxylic acid groups (broad SMARTS) is 1. The molecule has 138 valence electrons. The van der Waals surface area contributed by atoms with E-state index in [0.29, 0.717) is 22.9 Å². The summed E-state index contributed by atoms with van der Waals surface area (Å²) < 4.78 is 5.51. The van der Waals surface area contributed by atoms with E-state index in [1.54, 1.807) is 30.3 Å². The predicted octanol–water partition coefficient (Wildman–Crippen LogP) is 4.73. The van der Waals surface area contributed by atoms with Gasteiger partial charge in [-0.2, -0.15) is 0 Å². The Bertz CT molecular complexity index is 778. The second kappa shape index (κ2) is 9.46. The minimum Gasteiger partial charge on any atom is -0.494 e. The van der Waals surface area contributed by atoms with Gasteiger partial charge in [-0.05, 0) is 42.3 Å². The Balaban J connectivity index is 2.18. The summed E-state index contributed by atoms with van der Waals surface area (Å²) in [6.07, 6.45) is 0.632. The molecule has 0 aliphatic rings. The summed E-state index contributed by atoms with van der Waals surface area (Å²) in [5.41, 5.74) is 0.893. The number of hydrogen-bond acceptors (Lipinski definition) is 3. The molecule has 0 aromatic heterocycles. The maximum atomic E-state index is 12.5. The van der Waals surface area contributed by atoms with Crippen molar-refractivity contribution in [1.29, 1.82) is 0 Å². The molecule has 0 fully saturated rings. The molecule has 0 aliphatic carbocycles. The van der Waals surface area contributed by atoms with Gasteiger partial charge in [0, 0.05) is 5.02 Å². The van der Waals surface area contributed by atoms with Crippen molar-refractivity contribution in [1.82, 2.24) is 5.32 Å². The highest BCUT2D eigenvalue weighted by Gasteiger charge is 2.20. The van der Waals surface area contributed by atoms with Gasteiger partial charge in [0.1, 0.15) is 5.75 Å². The van der Waals surface area contributed by atoms with Crippen molar-refractivity contribution >= 4 is 35.1 Å². The number of benzene rings is 2. The summed E-state index contributed by atoms with van der Waals surface area (Å²) in [6, 6.07) is 10.8. The monoisotopic (exact) mass is 395 g/mol. The SMILES string of the molecule is CCCOc1ccc([C@@H](CC(=O)O)NC(=O)c2ccc(Cl)cc2Cl)cc1. The van der Waals surface area contributed by atoms with Crippen LogP contribution in [0.5, 0.6) is 5.75 Å². The van der Waals surface area contributed by atoms with Gasteiger partial charge in [-0.3, -0.25) is 9.59 Å². The first kappa shape index (κ1) is 20.1. The highest BCUT2D eigenvalue weighted by molar-refractivity contribution is 6.36. The Morgan fingerprint density at radius 3 is 2.42 bits per heavy atom. The molecule has 2 rings (SSSR count). The van der Waals surface area contributed by atoms with Gasteiger partial charge in [0.05, 0.1) is 29.7 Å². The van der Waals surface area contributed by atoms with Gasteiger partial charge in [0.25, 0.3) is 5.91 Å². The molecule has 0 spiro atoms. The minimum absolute atomic E-state index is 0.201. The zero-order valence-corrected chi connectivity index (χ0v) is 15.7. The van der Waals surface area contributed by atoms with E-state index in [1.165, 1.54) is 12.1 Å². The van der Waals surface area contributed by atoms with Crippen LogP contribution in [-0.2, 0) is 4.79 Å². The number of carboxylic acids is 1. The fourth-order valence-electron chi connectivity index (χ4n) is 2.35. The first-order valence-electron chi connectivity index (χ1n) is 8.11. The lowest BCUT2D eigenvalue weighted by atomic mass is 10.0. The molecule has 0 saturated carbocycles. The third kappa shape index (κ3) is 5.64. The van der Waals surface area contributed by atoms with E-state index < -0.39 is 17.9 Å². The Morgan fingerprint density at radius 2 is 1.85 bits per heavy atom. The van der Waals surface area contributed by atoms with Crippen LogP contribution in [0.3, 0.4) is 0 Å². The van der Waals surface area contributed by atoms with Gasteiger partial charge < -0.3 is 15.2 Å². The van der Waals surface area contributed by atoms with Crippen molar-refractivity contribution < 1.29 is 19.4 Å². The van der Waals surface area contributed by atoms with Gasteiger partial charge in [-0.1, -0.05) is 42.3 Å². The van der Waals surface area contributed by atoms with Gasteiger partial charge >= 0.3 is 5.97 Å². The molecule has 0 saturated heterocycles. The summed E-state index contributed by atoms with van der Waals surface area (Å²) in [5, 5.41) is 12.5. The average molecular weight is 396 g/mol. The largest absolute Gasteiger partial charge is 0.494 e. The number of nitrogens with one attached hydrogen (secondary N) is 1. The second-order valence-electron chi connectivity index (χ2n) is 5.67. The molecule has 0 heterocycles. The second-order valence-corrected chi connectivity index (χ2v) is 6.51. The molecule has 1 amide bonds. The fourth-order valence-corrected chi connectivity index (χ4v) is 2.85. The number of rotatable bonds is 8. The topological polar surface area (TPSA) is 75.6 Å². The van der Waals surface area contributed by atoms with Crippen molar-refractivity contribution in [3.63, 3.8) is 0 Å². The lowest BCUT2D eigenvalue weighted by Gasteiger charge is -2.18. The van der Waals surface area contributed by atoms with E-state index in [0.717, 1.165) is 6.42 Å². The van der Waals surface area contributed by atoms with Crippen LogP contribution in [0.2, 0.25) is 10.0 Å². The smallest absolute Gasteiger partial charge is 0.305 e. The third-order valence-electron chi connectivity index (χ3n) is 3.62. The molecule has 0 radical (unpaired) electrons. The molecule has 0 bridgehead atoms. The quantitative estimate of drug-likeness (QED) is 0.677. The highest BCUT2D eigenvalue weighted by atomic mass is 35.5. The Labute approximate surface area is 161 Å². The van der Waals surface area contributed by atoms with E-state index in [1.807, 2.05) is 6.92 Å². The van der Waals surface area contributed by atoms with Crippen molar-refractivity contribution in [3.8, 4) is 5.75 Å². The number of carbonyl (C=O) groups excluding carboxylic acids is 1. The van der Waals surface area contributed by atoms with Crippen LogP contribution in [0.15, 0.2) is 42.5 Å². The van der Waals surface area contributed by atoms with Gasteiger partial charge in [-0.25, -0.2) is 0 Å². The standard InChI is InChI=1S/C19H19Cl2NO4/c1-2-9-26-14-6-3-12(4-7-14)17(11-18(23)24)22-19(25)15-8-5-13(20)10-16(15)21/h3-8,10,17H,2,9,11H2,1H3,(H,22,25)(H,23,24)/t17-/m1/s1. The third-order valence-corrected chi connectivity index (χ3v) is 4.16. The minimum atomic E-state index is -1.02. The van der Waals surface area contributed by atoms with E-state index in [-0.39, 0.29) is 17.0 Å². The molecule has 1 atom stereocenters. The predicted molar refractivity (Wildman–Crippen MR) is 101 cm³/mol. The lowest BCUT2D eigenvalue weighted by Crippen LogP contribution is -2.30. The molecule has 26 heavy (non-hydrogen) atoms. The van der Waals surface area contributed by atoms with E-state index >= 15 is 0 Å². The molecular weight excluding hydrogens is 377 g/mol. The van der Waals surface area contributed by atoms with Crippen molar-refractivity contribution in [2.24, 2.45) is 0 Å². The molecule has 0 aliphatic heterocycles. The zero-order chi connectivity index (χ0) is 19.1. The van der Waals surface area contributed by atoms with Gasteiger partial charge in [0.2, 0.25) is 0 Å². The number of amides is 1. The van der Waals surface area contributed by atoms with E-state index in [4.69, 9.17) is 27.9 Å². The van der Waals surface area contributed by atoms with Crippen LogP contribution in [0.4, 0.5) is 0 Å². The number of carbonyl (C=O) groups is 2. The molecule has 0 unspecified atom stereocenters. The summed E-state index contributed by atoms with van der Waals surface area (Å²) in [6.45, 7) is 2.61. The fraction of sp³-hybridized carbons (Fsp3) is 0.263. The maximum absolute atomic E-state index is 12.5. The average Bonchev–Trinajstić information content (AvgIpc) is 2.59. The molecule has 2 aromatic rings. The summed E-state index contributed by atoms with van der Waals surface area (Å²) in [5.74, 6) is -0.801. The first-order valence-corrected chi connectivity index (χ1v) is 8.86. The van der Waals surface area contributed by atoms with Crippen molar-refractivity contribution in [2.75, 3.05) is 6.61 Å². The number of ether oxygens (including phenoxy) is 1. The number of aliphatic carboxylic acids is 1. The van der Waals surface area contributed by atoms with Crippen LogP contribution in [0.1, 0.15) is 41.7 Å². The summed E-state index contributed by atoms with van der Waals surface area (Å²) in [7, 11) is 0. The number of halogens is 2. The summed E-state index contributed by atoms with van der Waals surface area (Å²) >= 11 is 11.9. The Kier molecular flexibility index (Phi) is 7.30. The first-order chi connectivity index (χ1) is 12.4. The zero-order valence-electron chi connectivity index (χ0n) is 14.2. The van der Waals surface area contributed by atoms with E-state index in [9.17, 15) is 14.7 Å². The summed E-state index contributed by atoms with van der Waals surface area (Å²) in [4.78, 5) is 23.7. The normalized spacial score (nSPS) is 11.7. The van der Waals surface area contributed by atoms with Crippen LogP contribution in [0, 0.1) is 0 Å². The molecule has 5 nitrogen and oxygen atoms in total. The Morgan fingerprint density at radius 1 is 1.15 bits per heavy atom. The van der Waals surface area contributed by atoms with Crippen LogP contribution in [-0.4, -0.2) is 23.6 Å². The van der Waals surface area contributed by atoms with Gasteiger partial charge in [0.15, 0.2) is 0 Å². The Hall–Kier alpha value is -2.24. The van der Waals surface area contributed by atoms with E-state index in [2.05, 4.69) is 5.32 Å². The maximum Gasteiger partial charge on any atom is 0.305 e. The van der Waals surface area contributed by atoms with Crippen LogP contribution >= 0.6 is 23.2 Å². The molecule has 2 aromatic carbocycles. The van der Waals surface area contributed by atoms with Crippen molar-refractivity contribution in [2.45, 2.75) is 25.8 Å². The number of hydrogen-bond donors (Lipinski definition) is 2. The van der Waals surface area contributed by atoms with Crippen LogP contribution in [0.25, 0.3) is 0 Å². The molecular formula is C19H19Cl2NO4. The van der Waals surface area contributed by atoms with Crippen LogP contribution < -0.4 is 10.1 Å². The molecule has 2 N–H and O–H groups in total. The molecule has 7 heteroatoms. The van der Waals surface area contributed by atoms with Crippen molar-refractivity contribution in [3.05, 3.63) is 63.6 Å². The lowest BCUT2D eigenvalue weighted by molar-refractivity contribution is -0.137. The highest BCUT2D eigenvalue weighted by Crippen LogP contribution is 2.24.